The van der Waals surface area contributed by atoms with E-state index < -0.39 is 0 Å². The molecule has 0 spiro atoms. The average molecular weight is 275 g/mol. The van der Waals surface area contributed by atoms with Crippen molar-refractivity contribution in [3.8, 4) is 11.5 Å². The monoisotopic (exact) mass is 275 g/mol. The van der Waals surface area contributed by atoms with Crippen LogP contribution in [0.1, 0.15) is 5.56 Å². The van der Waals surface area contributed by atoms with Gasteiger partial charge >= 0.3 is 0 Å². The van der Waals surface area contributed by atoms with Crippen molar-refractivity contribution in [3.63, 3.8) is 0 Å². The minimum atomic E-state index is 0.281. The highest BCUT2D eigenvalue weighted by atomic mass is 16.7. The van der Waals surface area contributed by atoms with Crippen molar-refractivity contribution in [2.75, 3.05) is 37.7 Å². The van der Waals surface area contributed by atoms with Crippen LogP contribution in [0.4, 0.5) is 11.9 Å². The van der Waals surface area contributed by atoms with Gasteiger partial charge < -0.3 is 19.3 Å². The summed E-state index contributed by atoms with van der Waals surface area (Å²) in [6, 6.07) is 5.89. The lowest BCUT2D eigenvalue weighted by Gasteiger charge is -2.16. The van der Waals surface area contributed by atoms with Gasteiger partial charge in [-0.3, -0.25) is 4.98 Å². The number of nitrogens with one attached hydrogen (secondary N) is 1. The van der Waals surface area contributed by atoms with Crippen LogP contribution >= 0.6 is 0 Å². The van der Waals surface area contributed by atoms with Gasteiger partial charge in [-0.15, -0.1) is 10.2 Å². The lowest BCUT2D eigenvalue weighted by atomic mass is 10.2. The molecule has 0 aliphatic carbocycles. The van der Waals surface area contributed by atoms with Gasteiger partial charge in [0.2, 0.25) is 18.7 Å². The number of nitrogens with zero attached hydrogens (tertiary/aromatic N) is 4. The molecule has 1 aromatic carbocycles. The first-order valence-electron chi connectivity index (χ1n) is 6.34. The Kier molecular flexibility index (Phi) is 3.09. The van der Waals surface area contributed by atoms with E-state index in [0.717, 1.165) is 23.0 Å². The van der Waals surface area contributed by atoms with Crippen molar-refractivity contribution < 1.29 is 9.47 Å². The third-order valence-electron chi connectivity index (χ3n) is 3.13. The SMILES string of the molecule is CN(C)c1nnc(N(C)Cc2cccc3c2OCO3)[nH]1. The minimum absolute atomic E-state index is 0.281. The molecule has 0 unspecified atom stereocenters. The van der Waals surface area contributed by atoms with Gasteiger partial charge in [-0.2, -0.15) is 0 Å². The summed E-state index contributed by atoms with van der Waals surface area (Å²) in [5.74, 6) is 3.05. The molecule has 1 aliphatic rings. The molecule has 0 atom stereocenters. The van der Waals surface area contributed by atoms with Crippen LogP contribution in [-0.2, 0) is 6.54 Å². The van der Waals surface area contributed by atoms with E-state index in [1.54, 1.807) is 0 Å². The molecule has 106 valence electrons. The largest absolute Gasteiger partial charge is 0.454 e. The van der Waals surface area contributed by atoms with Gasteiger partial charge in [0, 0.05) is 33.3 Å². The first kappa shape index (κ1) is 12.6. The van der Waals surface area contributed by atoms with Crippen LogP contribution in [0.15, 0.2) is 18.2 Å². The number of hydrogen-bond acceptors (Lipinski definition) is 6. The van der Waals surface area contributed by atoms with Gasteiger partial charge in [0.1, 0.15) is 0 Å². The zero-order valence-electron chi connectivity index (χ0n) is 11.8. The fraction of sp³-hybridized carbons (Fsp3) is 0.385. The van der Waals surface area contributed by atoms with Crippen molar-refractivity contribution in [1.82, 2.24) is 15.2 Å². The van der Waals surface area contributed by atoms with Crippen LogP contribution in [0, 0.1) is 0 Å². The Morgan fingerprint density at radius 1 is 1.15 bits per heavy atom. The van der Waals surface area contributed by atoms with E-state index in [9.17, 15) is 0 Å². The number of fused-ring (bicyclic) bond motifs is 1. The molecule has 3 rings (SSSR count). The molecule has 1 aliphatic heterocycles. The highest BCUT2D eigenvalue weighted by molar-refractivity contribution is 5.50. The van der Waals surface area contributed by atoms with Crippen molar-refractivity contribution in [3.05, 3.63) is 23.8 Å². The number of para-hydroxylation sites is 1. The van der Waals surface area contributed by atoms with E-state index in [-0.39, 0.29) is 6.79 Å². The molecule has 0 bridgehead atoms. The molecule has 7 nitrogen and oxygen atoms in total. The molecule has 0 saturated heterocycles. The Labute approximate surface area is 117 Å². The first-order valence-corrected chi connectivity index (χ1v) is 6.34. The second-order valence-corrected chi connectivity index (χ2v) is 4.87. The number of ether oxygens (including phenoxy) is 2. The number of aromatic nitrogens is 3. The van der Waals surface area contributed by atoms with Crippen LogP contribution < -0.4 is 19.3 Å². The summed E-state index contributed by atoms with van der Waals surface area (Å²) in [6.07, 6.45) is 0. The molecule has 2 aromatic rings. The third-order valence-corrected chi connectivity index (χ3v) is 3.13. The highest BCUT2D eigenvalue weighted by Crippen LogP contribution is 2.36. The second-order valence-electron chi connectivity index (χ2n) is 4.87. The summed E-state index contributed by atoms with van der Waals surface area (Å²) in [5.41, 5.74) is 1.06. The smallest absolute Gasteiger partial charge is 0.231 e. The Bertz CT molecular complexity index is 611. The van der Waals surface area contributed by atoms with E-state index in [0.29, 0.717) is 12.5 Å². The number of hydrogen-bond donors (Lipinski definition) is 1. The lowest BCUT2D eigenvalue weighted by Crippen LogP contribution is -2.18. The number of rotatable bonds is 4. The molecule has 0 fully saturated rings. The normalized spacial score (nSPS) is 12.6. The highest BCUT2D eigenvalue weighted by Gasteiger charge is 2.19. The van der Waals surface area contributed by atoms with E-state index in [4.69, 9.17) is 9.47 Å². The molecule has 0 radical (unpaired) electrons. The van der Waals surface area contributed by atoms with Gasteiger partial charge in [0.05, 0.1) is 0 Å². The van der Waals surface area contributed by atoms with Crippen molar-refractivity contribution >= 4 is 11.9 Å². The van der Waals surface area contributed by atoms with Crippen LogP contribution in [0.25, 0.3) is 0 Å². The average Bonchev–Trinajstić information content (AvgIpc) is 3.08. The molecular formula is C13H17N5O2. The third kappa shape index (κ3) is 2.22. The second kappa shape index (κ2) is 4.92. The molecule has 0 amide bonds. The van der Waals surface area contributed by atoms with Crippen molar-refractivity contribution in [1.29, 1.82) is 0 Å². The zero-order chi connectivity index (χ0) is 14.1. The molecule has 2 heterocycles. The van der Waals surface area contributed by atoms with E-state index >= 15 is 0 Å². The Morgan fingerprint density at radius 2 is 1.95 bits per heavy atom. The van der Waals surface area contributed by atoms with Gasteiger partial charge in [0.25, 0.3) is 0 Å². The summed E-state index contributed by atoms with van der Waals surface area (Å²) >= 11 is 0. The van der Waals surface area contributed by atoms with Crippen LogP contribution in [0.5, 0.6) is 11.5 Å². The maximum absolute atomic E-state index is 5.51. The Balaban J connectivity index is 1.79. The Morgan fingerprint density at radius 3 is 2.70 bits per heavy atom. The fourth-order valence-corrected chi connectivity index (χ4v) is 2.06. The van der Waals surface area contributed by atoms with Crippen molar-refractivity contribution in [2.24, 2.45) is 0 Å². The number of H-pyrrole nitrogens is 1. The van der Waals surface area contributed by atoms with Gasteiger partial charge in [0.15, 0.2) is 11.5 Å². The van der Waals surface area contributed by atoms with Gasteiger partial charge in [-0.1, -0.05) is 12.1 Å². The summed E-state index contributed by atoms with van der Waals surface area (Å²) in [4.78, 5) is 7.02. The van der Waals surface area contributed by atoms with E-state index in [1.165, 1.54) is 0 Å². The molecular weight excluding hydrogens is 258 g/mol. The van der Waals surface area contributed by atoms with E-state index in [2.05, 4.69) is 15.2 Å². The van der Waals surface area contributed by atoms with Gasteiger partial charge in [-0.25, -0.2) is 0 Å². The fourth-order valence-electron chi connectivity index (χ4n) is 2.06. The predicted octanol–water partition coefficient (Wildman–Crippen LogP) is 1.24. The maximum atomic E-state index is 5.51. The minimum Gasteiger partial charge on any atom is -0.454 e. The summed E-state index contributed by atoms with van der Waals surface area (Å²) < 4.78 is 10.9. The number of aromatic amines is 1. The maximum Gasteiger partial charge on any atom is 0.231 e. The predicted molar refractivity (Wildman–Crippen MR) is 75.4 cm³/mol. The molecule has 20 heavy (non-hydrogen) atoms. The van der Waals surface area contributed by atoms with E-state index in [1.807, 2.05) is 49.1 Å². The van der Waals surface area contributed by atoms with Crippen LogP contribution in [-0.4, -0.2) is 43.1 Å². The molecule has 1 aromatic heterocycles. The number of benzene rings is 1. The van der Waals surface area contributed by atoms with Crippen LogP contribution in [0.3, 0.4) is 0 Å². The summed E-state index contributed by atoms with van der Waals surface area (Å²) in [7, 11) is 5.79. The number of anilines is 2. The molecule has 1 N–H and O–H groups in total. The van der Waals surface area contributed by atoms with Crippen LogP contribution in [0.2, 0.25) is 0 Å². The molecule has 7 heteroatoms. The zero-order valence-corrected chi connectivity index (χ0v) is 11.8. The topological polar surface area (TPSA) is 66.5 Å². The standard InChI is InChI=1S/C13H17N5O2/c1-17(2)12-14-13(16-15-12)18(3)7-9-5-4-6-10-11(9)20-8-19-10/h4-6H,7-8H2,1-3H3,(H,14,15,16). The van der Waals surface area contributed by atoms with Crippen molar-refractivity contribution in [2.45, 2.75) is 6.54 Å². The molecule has 0 saturated carbocycles. The van der Waals surface area contributed by atoms with Gasteiger partial charge in [-0.05, 0) is 6.07 Å². The first-order chi connectivity index (χ1) is 9.65. The quantitative estimate of drug-likeness (QED) is 0.905. The summed E-state index contributed by atoms with van der Waals surface area (Å²) in [6.45, 7) is 0.942. The Hall–Kier alpha value is -2.44. The summed E-state index contributed by atoms with van der Waals surface area (Å²) in [5, 5.41) is 8.21. The lowest BCUT2D eigenvalue weighted by molar-refractivity contribution is 0.173.